The number of carbonyl (C=O) groups excluding carboxylic acids is 1. The molecule has 29 heavy (non-hydrogen) atoms. The van der Waals surface area contributed by atoms with Crippen LogP contribution in [0.4, 0.5) is 8.78 Å². The fourth-order valence-electron chi connectivity index (χ4n) is 3.75. The van der Waals surface area contributed by atoms with E-state index in [1.165, 1.54) is 24.3 Å². The lowest BCUT2D eigenvalue weighted by Crippen LogP contribution is -2.40. The molecule has 0 N–H and O–H groups in total. The van der Waals surface area contributed by atoms with Crippen molar-refractivity contribution >= 4 is 5.91 Å². The molecule has 1 saturated heterocycles. The number of likely N-dealkylation sites (tertiary alicyclic amines) is 1. The number of hydrogen-bond donors (Lipinski definition) is 0. The van der Waals surface area contributed by atoms with Crippen molar-refractivity contribution in [1.29, 1.82) is 0 Å². The molecule has 1 unspecified atom stereocenters. The average Bonchev–Trinajstić information content (AvgIpc) is 2.74. The predicted molar refractivity (Wildman–Crippen MR) is 106 cm³/mol. The van der Waals surface area contributed by atoms with Crippen molar-refractivity contribution in [2.75, 3.05) is 13.1 Å². The Labute approximate surface area is 168 Å². The highest BCUT2D eigenvalue weighted by molar-refractivity contribution is 5.79. The zero-order chi connectivity index (χ0) is 20.2. The summed E-state index contributed by atoms with van der Waals surface area (Å²) in [5, 5.41) is 0. The number of piperidine rings is 1. The molecule has 0 aliphatic carbocycles. The molecule has 2 heterocycles. The highest BCUT2D eigenvalue weighted by Crippen LogP contribution is 2.27. The maximum atomic E-state index is 13.5. The topological polar surface area (TPSA) is 46.1 Å². The molecule has 0 spiro atoms. The normalized spacial score (nSPS) is 16.6. The van der Waals surface area contributed by atoms with E-state index in [9.17, 15) is 13.6 Å². The van der Waals surface area contributed by atoms with E-state index in [1.807, 2.05) is 11.0 Å². The third-order valence-electron chi connectivity index (χ3n) is 5.20. The standard InChI is InChI=1S/C23H21F2N3O/c24-19-7-1-4-16(12-19)13-22(29)28-11-3-6-18(15-28)21-9-10-26-23(27-21)17-5-2-8-20(25)14-17/h1-2,4-5,7-10,12,14,18H,3,6,11,13,15H2. The Bertz CT molecular complexity index is 1020. The van der Waals surface area contributed by atoms with E-state index in [4.69, 9.17) is 0 Å². The van der Waals surface area contributed by atoms with Crippen LogP contribution < -0.4 is 0 Å². The van der Waals surface area contributed by atoms with E-state index in [2.05, 4.69) is 9.97 Å². The summed E-state index contributed by atoms with van der Waals surface area (Å²) in [5.74, 6) is -0.110. The van der Waals surface area contributed by atoms with Gasteiger partial charge in [0.1, 0.15) is 11.6 Å². The van der Waals surface area contributed by atoms with Gasteiger partial charge >= 0.3 is 0 Å². The number of halogens is 2. The quantitative estimate of drug-likeness (QED) is 0.661. The van der Waals surface area contributed by atoms with Gasteiger partial charge in [0.05, 0.1) is 6.42 Å². The first-order valence-electron chi connectivity index (χ1n) is 9.69. The molecule has 3 aromatic rings. The van der Waals surface area contributed by atoms with Gasteiger partial charge < -0.3 is 4.90 Å². The molecule has 4 rings (SSSR count). The van der Waals surface area contributed by atoms with Crippen LogP contribution in [0.1, 0.15) is 30.0 Å². The van der Waals surface area contributed by atoms with Gasteiger partial charge in [-0.1, -0.05) is 24.3 Å². The number of benzene rings is 2. The Morgan fingerprint density at radius 2 is 1.86 bits per heavy atom. The minimum Gasteiger partial charge on any atom is -0.342 e. The van der Waals surface area contributed by atoms with Gasteiger partial charge in [0.25, 0.3) is 0 Å². The highest BCUT2D eigenvalue weighted by atomic mass is 19.1. The molecule has 1 fully saturated rings. The average molecular weight is 393 g/mol. The monoisotopic (exact) mass is 393 g/mol. The van der Waals surface area contributed by atoms with Crippen LogP contribution in [0.15, 0.2) is 60.8 Å². The molecule has 1 aliphatic heterocycles. The SMILES string of the molecule is O=C(Cc1cccc(F)c1)N1CCCC(c2ccnc(-c3cccc(F)c3)n2)C1. The van der Waals surface area contributed by atoms with Crippen LogP contribution in [0.5, 0.6) is 0 Å². The molecule has 1 atom stereocenters. The van der Waals surface area contributed by atoms with E-state index in [-0.39, 0.29) is 29.9 Å². The Morgan fingerprint density at radius 1 is 1.07 bits per heavy atom. The third kappa shape index (κ3) is 4.65. The van der Waals surface area contributed by atoms with Crippen LogP contribution >= 0.6 is 0 Å². The second-order valence-electron chi connectivity index (χ2n) is 7.30. The van der Waals surface area contributed by atoms with Crippen LogP contribution in [0.25, 0.3) is 11.4 Å². The first kappa shape index (κ1) is 19.2. The summed E-state index contributed by atoms with van der Waals surface area (Å²) >= 11 is 0. The molecule has 1 aliphatic rings. The maximum absolute atomic E-state index is 13.5. The largest absolute Gasteiger partial charge is 0.342 e. The number of amides is 1. The van der Waals surface area contributed by atoms with Crippen molar-refractivity contribution in [2.24, 2.45) is 0 Å². The number of aromatic nitrogens is 2. The second kappa shape index (κ2) is 8.47. The van der Waals surface area contributed by atoms with Crippen molar-refractivity contribution in [3.63, 3.8) is 0 Å². The summed E-state index contributed by atoms with van der Waals surface area (Å²) in [4.78, 5) is 23.4. The zero-order valence-corrected chi connectivity index (χ0v) is 15.9. The molecule has 0 saturated carbocycles. The fraction of sp³-hybridized carbons (Fsp3) is 0.261. The summed E-state index contributed by atoms with van der Waals surface area (Å²) in [6.07, 6.45) is 3.65. The van der Waals surface area contributed by atoms with Gasteiger partial charge in [-0.15, -0.1) is 0 Å². The van der Waals surface area contributed by atoms with E-state index in [1.54, 1.807) is 30.5 Å². The molecule has 148 valence electrons. The lowest BCUT2D eigenvalue weighted by atomic mass is 9.94. The summed E-state index contributed by atoms with van der Waals surface area (Å²) in [5.41, 5.74) is 2.15. The molecular weight excluding hydrogens is 372 g/mol. The highest BCUT2D eigenvalue weighted by Gasteiger charge is 2.26. The summed E-state index contributed by atoms with van der Waals surface area (Å²) in [6.45, 7) is 1.25. The minimum absolute atomic E-state index is 0.0142. The van der Waals surface area contributed by atoms with Crippen molar-refractivity contribution in [3.8, 4) is 11.4 Å². The summed E-state index contributed by atoms with van der Waals surface area (Å²) in [7, 11) is 0. The Balaban J connectivity index is 1.48. The summed E-state index contributed by atoms with van der Waals surface area (Å²) < 4.78 is 26.9. The van der Waals surface area contributed by atoms with Crippen LogP contribution in [0.3, 0.4) is 0 Å². The molecule has 4 nitrogen and oxygen atoms in total. The van der Waals surface area contributed by atoms with E-state index in [0.717, 1.165) is 18.5 Å². The lowest BCUT2D eigenvalue weighted by molar-refractivity contribution is -0.131. The van der Waals surface area contributed by atoms with Crippen LogP contribution in [0.2, 0.25) is 0 Å². The Morgan fingerprint density at radius 3 is 2.66 bits per heavy atom. The van der Waals surface area contributed by atoms with Gasteiger partial charge in [0.2, 0.25) is 5.91 Å². The van der Waals surface area contributed by atoms with Gasteiger partial charge in [-0.05, 0) is 48.7 Å². The Hall–Kier alpha value is -3.15. The van der Waals surface area contributed by atoms with Gasteiger partial charge in [-0.3, -0.25) is 4.79 Å². The van der Waals surface area contributed by atoms with Crippen molar-refractivity contribution in [2.45, 2.75) is 25.2 Å². The molecule has 0 bridgehead atoms. The van der Waals surface area contributed by atoms with E-state index < -0.39 is 0 Å². The summed E-state index contributed by atoms with van der Waals surface area (Å²) in [6, 6.07) is 14.2. The second-order valence-corrected chi connectivity index (χ2v) is 7.30. The predicted octanol–water partition coefficient (Wildman–Crippen LogP) is 4.37. The van der Waals surface area contributed by atoms with Crippen LogP contribution in [0, 0.1) is 11.6 Å². The first-order valence-corrected chi connectivity index (χ1v) is 9.69. The maximum Gasteiger partial charge on any atom is 0.227 e. The molecule has 0 radical (unpaired) electrons. The lowest BCUT2D eigenvalue weighted by Gasteiger charge is -2.32. The van der Waals surface area contributed by atoms with Gasteiger partial charge in [-0.2, -0.15) is 0 Å². The number of nitrogens with zero attached hydrogens (tertiary/aromatic N) is 3. The molecule has 2 aromatic carbocycles. The van der Waals surface area contributed by atoms with Crippen LogP contribution in [-0.2, 0) is 11.2 Å². The third-order valence-corrected chi connectivity index (χ3v) is 5.20. The zero-order valence-electron chi connectivity index (χ0n) is 15.9. The van der Waals surface area contributed by atoms with Gasteiger partial charge in [-0.25, -0.2) is 18.7 Å². The van der Waals surface area contributed by atoms with E-state index in [0.29, 0.717) is 30.0 Å². The number of carbonyl (C=O) groups is 1. The molecule has 6 heteroatoms. The van der Waals surface area contributed by atoms with Gasteiger partial charge in [0.15, 0.2) is 5.82 Å². The van der Waals surface area contributed by atoms with Crippen molar-refractivity contribution < 1.29 is 13.6 Å². The van der Waals surface area contributed by atoms with Crippen LogP contribution in [-0.4, -0.2) is 33.9 Å². The Kier molecular flexibility index (Phi) is 5.60. The molecule has 1 aromatic heterocycles. The van der Waals surface area contributed by atoms with Gasteiger partial charge in [0, 0.05) is 36.5 Å². The molecule has 1 amide bonds. The van der Waals surface area contributed by atoms with Crippen molar-refractivity contribution in [1.82, 2.24) is 14.9 Å². The first-order chi connectivity index (χ1) is 14.1. The molecular formula is C23H21F2N3O. The van der Waals surface area contributed by atoms with Crippen molar-refractivity contribution in [3.05, 3.63) is 83.7 Å². The smallest absolute Gasteiger partial charge is 0.227 e. The number of rotatable bonds is 4. The number of hydrogen-bond acceptors (Lipinski definition) is 3. The minimum atomic E-state index is -0.335. The fourth-order valence-corrected chi connectivity index (χ4v) is 3.75. The van der Waals surface area contributed by atoms with E-state index >= 15 is 0 Å².